The zero-order valence-electron chi connectivity index (χ0n) is 26.0. The highest BCUT2D eigenvalue weighted by molar-refractivity contribution is 7.93. The van der Waals surface area contributed by atoms with Gasteiger partial charge in [0.2, 0.25) is 0 Å². The SMILES string of the molecule is CN=S(C)(=O)c1ccc(-c2ccc(-c3nc4c(cc3Cl)nc(O[C@@H]3CO[C@H]5[C@@H]3OC[C@H]5O)n4COCC[Si](C)(C)C)cc2)nc1. The molecule has 0 saturated carbocycles. The van der Waals surface area contributed by atoms with Crippen molar-refractivity contribution in [2.24, 2.45) is 4.36 Å². The molecule has 45 heavy (non-hydrogen) atoms. The molecule has 14 heteroatoms. The predicted molar refractivity (Wildman–Crippen MR) is 176 cm³/mol. The van der Waals surface area contributed by atoms with Crippen LogP contribution in [-0.4, -0.2) is 94.4 Å². The number of benzene rings is 1. The van der Waals surface area contributed by atoms with Crippen LogP contribution in [0.15, 0.2) is 57.9 Å². The topological polar surface area (TPSA) is 130 Å². The van der Waals surface area contributed by atoms with Gasteiger partial charge in [0, 0.05) is 45.3 Å². The Kier molecular flexibility index (Phi) is 9.05. The van der Waals surface area contributed by atoms with Crippen molar-refractivity contribution in [3.8, 4) is 28.5 Å². The average molecular weight is 672 g/mol. The number of halogens is 1. The lowest BCUT2D eigenvalue weighted by Crippen LogP contribution is -2.35. The summed E-state index contributed by atoms with van der Waals surface area (Å²) >= 11 is 6.77. The van der Waals surface area contributed by atoms with E-state index in [4.69, 9.17) is 40.5 Å². The first-order valence-corrected chi connectivity index (χ1v) is 20.8. The lowest BCUT2D eigenvalue weighted by atomic mass is 10.1. The summed E-state index contributed by atoms with van der Waals surface area (Å²) < 4.78 is 42.3. The van der Waals surface area contributed by atoms with Crippen molar-refractivity contribution < 1.29 is 28.3 Å². The molecule has 11 nitrogen and oxygen atoms in total. The Morgan fingerprint density at radius 2 is 1.82 bits per heavy atom. The highest BCUT2D eigenvalue weighted by atomic mass is 35.5. The molecule has 1 aromatic carbocycles. The van der Waals surface area contributed by atoms with E-state index in [1.807, 2.05) is 34.9 Å². The van der Waals surface area contributed by atoms with Crippen LogP contribution in [0.2, 0.25) is 30.7 Å². The molecule has 2 fully saturated rings. The third-order valence-corrected chi connectivity index (χ3v) is 11.9. The summed E-state index contributed by atoms with van der Waals surface area (Å²) in [6.45, 7) is 8.22. The van der Waals surface area contributed by atoms with E-state index < -0.39 is 36.1 Å². The van der Waals surface area contributed by atoms with Crippen LogP contribution in [0.4, 0.5) is 0 Å². The molecule has 4 aromatic rings. The Hall–Kier alpha value is -2.91. The van der Waals surface area contributed by atoms with Crippen molar-refractivity contribution in [3.63, 3.8) is 0 Å². The highest BCUT2D eigenvalue weighted by Gasteiger charge is 2.49. The number of hydrogen-bond donors (Lipinski definition) is 1. The maximum absolute atomic E-state index is 12.5. The molecule has 5 atom stereocenters. The monoisotopic (exact) mass is 671 g/mol. The van der Waals surface area contributed by atoms with Gasteiger partial charge < -0.3 is 24.1 Å². The number of aliphatic hydroxyl groups is 1. The number of ether oxygens (including phenoxy) is 4. The number of nitrogens with zero attached hydrogens (tertiary/aromatic N) is 5. The van der Waals surface area contributed by atoms with Crippen LogP contribution in [0, 0.1) is 0 Å². The largest absolute Gasteiger partial charge is 0.456 e. The Balaban J connectivity index is 1.30. The molecule has 2 aliphatic rings. The Bertz CT molecular complexity index is 1800. The molecule has 1 unspecified atom stereocenters. The first kappa shape index (κ1) is 32.0. The van der Waals surface area contributed by atoms with E-state index in [0.717, 1.165) is 22.9 Å². The van der Waals surface area contributed by atoms with Gasteiger partial charge in [0.05, 0.1) is 44.2 Å². The van der Waals surface area contributed by atoms with E-state index in [1.54, 1.807) is 31.6 Å². The number of imidazole rings is 1. The summed E-state index contributed by atoms with van der Waals surface area (Å²) in [6.07, 6.45) is 1.29. The van der Waals surface area contributed by atoms with Crippen LogP contribution < -0.4 is 4.74 Å². The normalized spacial score (nSPS) is 22.8. The van der Waals surface area contributed by atoms with Crippen molar-refractivity contribution in [1.82, 2.24) is 19.5 Å². The molecule has 3 aromatic heterocycles. The van der Waals surface area contributed by atoms with Crippen LogP contribution in [0.25, 0.3) is 33.7 Å². The molecule has 0 spiro atoms. The summed E-state index contributed by atoms with van der Waals surface area (Å²) in [7, 11) is -2.20. The molecular weight excluding hydrogens is 634 g/mol. The number of fused-ring (bicyclic) bond motifs is 2. The second-order valence-electron chi connectivity index (χ2n) is 12.6. The smallest absolute Gasteiger partial charge is 0.301 e. The minimum Gasteiger partial charge on any atom is -0.456 e. The van der Waals surface area contributed by atoms with Gasteiger partial charge in [-0.1, -0.05) is 55.5 Å². The first-order valence-electron chi connectivity index (χ1n) is 14.8. The molecule has 6 rings (SSSR count). The predicted octanol–water partition coefficient (Wildman–Crippen LogP) is 5.12. The van der Waals surface area contributed by atoms with E-state index in [0.29, 0.717) is 39.4 Å². The van der Waals surface area contributed by atoms with Crippen molar-refractivity contribution in [3.05, 3.63) is 53.7 Å². The van der Waals surface area contributed by atoms with Gasteiger partial charge in [-0.3, -0.25) is 9.55 Å². The fourth-order valence-corrected chi connectivity index (χ4v) is 7.10. The molecule has 5 heterocycles. The van der Waals surface area contributed by atoms with Crippen molar-refractivity contribution >= 4 is 40.6 Å². The van der Waals surface area contributed by atoms with Crippen molar-refractivity contribution in [1.29, 1.82) is 0 Å². The Morgan fingerprint density at radius 3 is 2.51 bits per heavy atom. The maximum Gasteiger partial charge on any atom is 0.301 e. The van der Waals surface area contributed by atoms with Gasteiger partial charge in [0.15, 0.2) is 11.8 Å². The molecule has 240 valence electrons. The van der Waals surface area contributed by atoms with E-state index in [9.17, 15) is 9.32 Å². The average Bonchev–Trinajstić information content (AvgIpc) is 3.69. The first-order chi connectivity index (χ1) is 21.4. The summed E-state index contributed by atoms with van der Waals surface area (Å²) in [5, 5.41) is 10.6. The van der Waals surface area contributed by atoms with Gasteiger partial charge in [-0.25, -0.2) is 13.6 Å². The van der Waals surface area contributed by atoms with E-state index in [1.165, 1.54) is 0 Å². The van der Waals surface area contributed by atoms with Crippen LogP contribution >= 0.6 is 11.6 Å². The van der Waals surface area contributed by atoms with E-state index >= 15 is 0 Å². The Morgan fingerprint density at radius 1 is 1.09 bits per heavy atom. The van der Waals surface area contributed by atoms with Gasteiger partial charge in [-0.15, -0.1) is 0 Å². The fourth-order valence-electron chi connectivity index (χ4n) is 5.31. The van der Waals surface area contributed by atoms with Crippen LogP contribution in [0.5, 0.6) is 6.01 Å². The number of aliphatic hydroxyl groups excluding tert-OH is 1. The molecule has 0 bridgehead atoms. The molecule has 2 aliphatic heterocycles. The molecule has 0 radical (unpaired) electrons. The van der Waals surface area contributed by atoms with Gasteiger partial charge in [-0.05, 0) is 24.2 Å². The summed E-state index contributed by atoms with van der Waals surface area (Å²) in [4.78, 5) is 14.8. The second-order valence-corrected chi connectivity index (χ2v) is 21.1. The Labute approximate surface area is 269 Å². The molecule has 0 amide bonds. The fraction of sp³-hybridized carbons (Fsp3) is 0.452. The number of hydrogen-bond acceptors (Lipinski definition) is 10. The summed E-state index contributed by atoms with van der Waals surface area (Å²) in [6, 6.07) is 14.5. The van der Waals surface area contributed by atoms with Gasteiger partial charge >= 0.3 is 6.01 Å². The van der Waals surface area contributed by atoms with Crippen molar-refractivity contribution in [2.45, 2.75) is 61.7 Å². The van der Waals surface area contributed by atoms with Gasteiger partial charge in [0.25, 0.3) is 0 Å². The third-order valence-electron chi connectivity index (χ3n) is 8.07. The molecule has 1 N–H and O–H groups in total. The minimum atomic E-state index is -2.45. The van der Waals surface area contributed by atoms with E-state index in [-0.39, 0.29) is 26.0 Å². The number of pyridine rings is 2. The molecule has 0 aliphatic carbocycles. The third kappa shape index (κ3) is 6.80. The van der Waals surface area contributed by atoms with Crippen LogP contribution in [-0.2, 0) is 30.7 Å². The van der Waals surface area contributed by atoms with Crippen molar-refractivity contribution in [2.75, 3.05) is 33.1 Å². The van der Waals surface area contributed by atoms with Crippen LogP contribution in [0.1, 0.15) is 0 Å². The lowest BCUT2D eigenvalue weighted by Gasteiger charge is -2.19. The molecular formula is C31H38ClN5O6SSi. The quantitative estimate of drug-likeness (QED) is 0.180. The second kappa shape index (κ2) is 12.7. The zero-order valence-corrected chi connectivity index (χ0v) is 28.5. The minimum absolute atomic E-state index is 0.200. The van der Waals surface area contributed by atoms with Crippen LogP contribution in [0.3, 0.4) is 0 Å². The zero-order chi connectivity index (χ0) is 31.9. The van der Waals surface area contributed by atoms with Gasteiger partial charge in [0.1, 0.15) is 30.6 Å². The maximum atomic E-state index is 12.5. The molecule has 2 saturated heterocycles. The number of rotatable bonds is 10. The highest BCUT2D eigenvalue weighted by Crippen LogP contribution is 2.34. The summed E-state index contributed by atoms with van der Waals surface area (Å²) in [5.41, 5.74) is 4.20. The van der Waals surface area contributed by atoms with Gasteiger partial charge in [-0.2, -0.15) is 4.98 Å². The van der Waals surface area contributed by atoms with E-state index in [2.05, 4.69) is 29.0 Å². The lowest BCUT2D eigenvalue weighted by molar-refractivity contribution is 0.00336. The number of aromatic nitrogens is 4. The standard InChI is InChI=1S/C31H38ClN5O6SSi/c1-33-44(2,39)21-10-11-23(34-15-21)19-6-8-20(9-7-19)27-22(32)14-24-30(36-27)37(18-40-12-13-45(3,4)5)31(35-24)43-26-17-42-28-25(38)16-41-29(26)28/h6-11,14-15,25-26,28-29,38H,12-13,16-18H2,1-5H3/t25-,26-,28-,29-,44?/m1/s1. The summed E-state index contributed by atoms with van der Waals surface area (Å²) in [5.74, 6) is 0.